The molecule has 3 nitrogen and oxygen atoms in total. The van der Waals surface area contributed by atoms with Gasteiger partial charge in [0.15, 0.2) is 0 Å². The number of amidine groups is 1. The molecule has 0 aliphatic carbocycles. The van der Waals surface area contributed by atoms with Crippen LogP contribution in [0.15, 0.2) is 18.2 Å². The van der Waals surface area contributed by atoms with Crippen LogP contribution in [0.5, 0.6) is 0 Å². The van der Waals surface area contributed by atoms with Crippen LogP contribution in [0.2, 0.25) is 0 Å². The zero-order valence-electron chi connectivity index (χ0n) is 11.5. The number of hydrogen-bond acceptors (Lipinski definition) is 2. The molecule has 0 radical (unpaired) electrons. The smallest absolute Gasteiger partial charge is 0.123 e. The number of piperidine rings is 1. The molecule has 19 heavy (non-hydrogen) atoms. The van der Waals surface area contributed by atoms with Crippen molar-refractivity contribution < 1.29 is 4.39 Å². The molecule has 4 heteroatoms. The van der Waals surface area contributed by atoms with Gasteiger partial charge in [0.25, 0.3) is 0 Å². The minimum absolute atomic E-state index is 0.0569. The third kappa shape index (κ3) is 3.53. The molecule has 1 aromatic rings. The summed E-state index contributed by atoms with van der Waals surface area (Å²) in [4.78, 5) is 2.39. The number of nitrogen functional groups attached to an aromatic ring is 1. The lowest BCUT2D eigenvalue weighted by molar-refractivity contribution is 0.164. The first-order valence-corrected chi connectivity index (χ1v) is 6.95. The molecule has 0 aromatic heterocycles. The molecule has 0 amide bonds. The molecule has 1 aromatic carbocycles. The highest BCUT2D eigenvalue weighted by molar-refractivity contribution is 5.96. The summed E-state index contributed by atoms with van der Waals surface area (Å²) in [7, 11) is 0. The molecule has 3 N–H and O–H groups in total. The fourth-order valence-electron chi connectivity index (χ4n) is 2.81. The molecular weight excluding hydrogens is 241 g/mol. The first-order chi connectivity index (χ1) is 9.10. The maximum absolute atomic E-state index is 13.2. The number of halogens is 1. The Morgan fingerprint density at radius 2 is 2.32 bits per heavy atom. The van der Waals surface area contributed by atoms with E-state index >= 15 is 0 Å². The summed E-state index contributed by atoms with van der Waals surface area (Å²) in [5.41, 5.74) is 7.02. The van der Waals surface area contributed by atoms with Crippen LogP contribution >= 0.6 is 0 Å². The predicted octanol–water partition coefficient (Wildman–Crippen LogP) is 2.73. The maximum Gasteiger partial charge on any atom is 0.123 e. The Kier molecular flexibility index (Phi) is 4.53. The van der Waals surface area contributed by atoms with Crippen LogP contribution in [0, 0.1) is 17.1 Å². The largest absolute Gasteiger partial charge is 0.384 e. The van der Waals surface area contributed by atoms with E-state index in [1.807, 2.05) is 0 Å². The van der Waals surface area contributed by atoms with E-state index in [-0.39, 0.29) is 11.7 Å². The van der Waals surface area contributed by atoms with E-state index in [0.29, 0.717) is 5.56 Å². The van der Waals surface area contributed by atoms with Crippen LogP contribution in [0.3, 0.4) is 0 Å². The Balaban J connectivity index is 2.12. The number of benzene rings is 1. The molecule has 1 fully saturated rings. The van der Waals surface area contributed by atoms with Gasteiger partial charge in [0.05, 0.1) is 0 Å². The highest BCUT2D eigenvalue weighted by atomic mass is 19.1. The van der Waals surface area contributed by atoms with E-state index in [4.69, 9.17) is 11.1 Å². The first kappa shape index (κ1) is 14.0. The van der Waals surface area contributed by atoms with Crippen molar-refractivity contribution in [2.45, 2.75) is 32.7 Å². The van der Waals surface area contributed by atoms with E-state index < -0.39 is 0 Å². The van der Waals surface area contributed by atoms with Crippen molar-refractivity contribution in [1.82, 2.24) is 4.90 Å². The maximum atomic E-state index is 13.2. The monoisotopic (exact) mass is 263 g/mol. The highest BCUT2D eigenvalue weighted by Crippen LogP contribution is 2.22. The number of nitrogens with one attached hydrogen (secondary N) is 1. The van der Waals surface area contributed by atoms with Crippen LogP contribution in [0.25, 0.3) is 0 Å². The average Bonchev–Trinajstić information content (AvgIpc) is 2.41. The topological polar surface area (TPSA) is 53.1 Å². The molecule has 2 rings (SSSR count). The van der Waals surface area contributed by atoms with Crippen LogP contribution in [0.1, 0.15) is 37.3 Å². The summed E-state index contributed by atoms with van der Waals surface area (Å²) in [5.74, 6) is 0.368. The van der Waals surface area contributed by atoms with E-state index in [1.165, 1.54) is 31.4 Å². The summed E-state index contributed by atoms with van der Waals surface area (Å²) in [6.07, 6.45) is 3.73. The van der Waals surface area contributed by atoms with Gasteiger partial charge in [-0.1, -0.05) is 19.4 Å². The van der Waals surface area contributed by atoms with E-state index in [9.17, 15) is 4.39 Å². The van der Waals surface area contributed by atoms with Crippen molar-refractivity contribution in [3.63, 3.8) is 0 Å². The molecule has 1 aliphatic rings. The number of rotatable bonds is 4. The second kappa shape index (κ2) is 6.15. The van der Waals surface area contributed by atoms with Crippen LogP contribution < -0.4 is 5.73 Å². The fraction of sp³-hybridized carbons (Fsp3) is 0.533. The molecule has 0 bridgehead atoms. The quantitative estimate of drug-likeness (QED) is 0.648. The second-order valence-corrected chi connectivity index (χ2v) is 5.37. The Morgan fingerprint density at radius 3 is 3.00 bits per heavy atom. The van der Waals surface area contributed by atoms with Gasteiger partial charge in [-0.05, 0) is 43.0 Å². The van der Waals surface area contributed by atoms with E-state index in [1.54, 1.807) is 6.07 Å². The molecule has 1 heterocycles. The van der Waals surface area contributed by atoms with Crippen molar-refractivity contribution >= 4 is 5.84 Å². The van der Waals surface area contributed by atoms with Crippen molar-refractivity contribution in [3.05, 3.63) is 35.1 Å². The van der Waals surface area contributed by atoms with Crippen molar-refractivity contribution in [1.29, 1.82) is 5.41 Å². The van der Waals surface area contributed by atoms with Gasteiger partial charge < -0.3 is 5.73 Å². The third-order valence-corrected chi connectivity index (χ3v) is 3.94. The third-order valence-electron chi connectivity index (χ3n) is 3.94. The van der Waals surface area contributed by atoms with Gasteiger partial charge >= 0.3 is 0 Å². The zero-order valence-corrected chi connectivity index (χ0v) is 11.5. The average molecular weight is 263 g/mol. The summed E-state index contributed by atoms with van der Waals surface area (Å²) < 4.78 is 13.2. The molecule has 1 aliphatic heterocycles. The van der Waals surface area contributed by atoms with E-state index in [0.717, 1.165) is 31.1 Å². The van der Waals surface area contributed by atoms with Crippen molar-refractivity contribution in [2.75, 3.05) is 13.1 Å². The first-order valence-electron chi connectivity index (χ1n) is 6.95. The standard InChI is InChI=1S/C15H22FN3/c1-2-11-4-3-7-19(9-11)10-12-5-6-13(16)8-14(12)15(17)18/h5-6,8,11H,2-4,7,9-10H2,1H3,(H3,17,18). The lowest BCUT2D eigenvalue weighted by atomic mass is 9.95. The lowest BCUT2D eigenvalue weighted by Crippen LogP contribution is -2.35. The Hall–Kier alpha value is -1.42. The van der Waals surface area contributed by atoms with Gasteiger partial charge in [-0.2, -0.15) is 0 Å². The van der Waals surface area contributed by atoms with Gasteiger partial charge in [-0.3, -0.25) is 10.3 Å². The Bertz CT molecular complexity index is 459. The number of nitrogens with two attached hydrogens (primary N) is 1. The van der Waals surface area contributed by atoms with Crippen LogP contribution in [-0.2, 0) is 6.54 Å². The Morgan fingerprint density at radius 1 is 1.53 bits per heavy atom. The van der Waals surface area contributed by atoms with Crippen LogP contribution in [0.4, 0.5) is 4.39 Å². The minimum atomic E-state index is -0.334. The Labute approximate surface area is 114 Å². The number of likely N-dealkylation sites (tertiary alicyclic amines) is 1. The fourth-order valence-corrected chi connectivity index (χ4v) is 2.81. The molecular formula is C15H22FN3. The normalized spacial score (nSPS) is 20.4. The highest BCUT2D eigenvalue weighted by Gasteiger charge is 2.19. The summed E-state index contributed by atoms with van der Waals surface area (Å²) in [5, 5.41) is 7.56. The van der Waals surface area contributed by atoms with Gasteiger partial charge in [-0.15, -0.1) is 0 Å². The van der Waals surface area contributed by atoms with Gasteiger partial charge in [0.1, 0.15) is 11.7 Å². The number of nitrogens with zero attached hydrogens (tertiary/aromatic N) is 1. The summed E-state index contributed by atoms with van der Waals surface area (Å²) in [6, 6.07) is 4.56. The molecule has 1 atom stereocenters. The van der Waals surface area contributed by atoms with Crippen molar-refractivity contribution in [2.24, 2.45) is 11.7 Å². The lowest BCUT2D eigenvalue weighted by Gasteiger charge is -2.32. The minimum Gasteiger partial charge on any atom is -0.384 e. The van der Waals surface area contributed by atoms with Gasteiger partial charge in [0.2, 0.25) is 0 Å². The summed E-state index contributed by atoms with van der Waals surface area (Å²) in [6.45, 7) is 5.15. The van der Waals surface area contributed by atoms with Crippen molar-refractivity contribution in [3.8, 4) is 0 Å². The molecule has 1 unspecified atom stereocenters. The molecule has 0 saturated carbocycles. The predicted molar refractivity (Wildman–Crippen MR) is 75.7 cm³/mol. The molecule has 1 saturated heterocycles. The SMILES string of the molecule is CCC1CCCN(Cc2ccc(F)cc2C(=N)N)C1. The zero-order chi connectivity index (χ0) is 13.8. The number of hydrogen-bond donors (Lipinski definition) is 2. The van der Waals surface area contributed by atoms with Gasteiger partial charge in [0, 0.05) is 18.7 Å². The van der Waals surface area contributed by atoms with E-state index in [2.05, 4.69) is 11.8 Å². The second-order valence-electron chi connectivity index (χ2n) is 5.37. The molecule has 0 spiro atoms. The summed E-state index contributed by atoms with van der Waals surface area (Å²) >= 11 is 0. The van der Waals surface area contributed by atoms with Crippen LogP contribution in [-0.4, -0.2) is 23.8 Å². The molecule has 104 valence electrons. The van der Waals surface area contributed by atoms with Gasteiger partial charge in [-0.25, -0.2) is 4.39 Å².